The number of nitrogens with two attached hydrogens (primary N) is 1. The third kappa shape index (κ3) is 3.84. The molecule has 0 aliphatic carbocycles. The predicted octanol–water partition coefficient (Wildman–Crippen LogP) is 1.75. The minimum atomic E-state index is -0.824. The Morgan fingerprint density at radius 1 is 1.26 bits per heavy atom. The second-order valence-corrected chi connectivity index (χ2v) is 7.79. The van der Waals surface area contributed by atoms with E-state index in [4.69, 9.17) is 17.3 Å². The first-order valence-electron chi connectivity index (χ1n) is 9.54. The highest BCUT2D eigenvalue weighted by Gasteiger charge is 2.40. The number of benzene rings is 2. The number of hydrogen-bond acceptors (Lipinski definition) is 5. The zero-order chi connectivity index (χ0) is 22.3. The fraction of sp³-hybridized carbons (Fsp3) is 0.238. The molecule has 4 amide bonds. The van der Waals surface area contributed by atoms with Crippen LogP contribution in [0.15, 0.2) is 30.3 Å². The van der Waals surface area contributed by atoms with Crippen molar-refractivity contribution in [3.05, 3.63) is 63.4 Å². The lowest BCUT2D eigenvalue weighted by Crippen LogP contribution is -2.52. The maximum atomic E-state index is 15.1. The molecule has 1 unspecified atom stereocenters. The van der Waals surface area contributed by atoms with Gasteiger partial charge in [-0.05, 0) is 30.7 Å². The van der Waals surface area contributed by atoms with E-state index in [-0.39, 0.29) is 53.9 Å². The van der Waals surface area contributed by atoms with Gasteiger partial charge in [0.15, 0.2) is 0 Å². The molecule has 0 radical (unpaired) electrons. The Kier molecular flexibility index (Phi) is 5.36. The van der Waals surface area contributed by atoms with Crippen molar-refractivity contribution >= 4 is 40.9 Å². The van der Waals surface area contributed by atoms with Gasteiger partial charge in [0.1, 0.15) is 11.9 Å². The Morgan fingerprint density at radius 2 is 2.03 bits per heavy atom. The summed E-state index contributed by atoms with van der Waals surface area (Å²) in [4.78, 5) is 49.8. The van der Waals surface area contributed by atoms with Crippen LogP contribution < -0.4 is 16.4 Å². The average Bonchev–Trinajstić information content (AvgIpc) is 3.06. The summed E-state index contributed by atoms with van der Waals surface area (Å²) in [5, 5.41) is 5.14. The highest BCUT2D eigenvalue weighted by Crippen LogP contribution is 2.30. The van der Waals surface area contributed by atoms with E-state index in [0.717, 1.165) is 0 Å². The third-order valence-electron chi connectivity index (χ3n) is 5.43. The number of hydrogen-bond donors (Lipinski definition) is 3. The predicted molar refractivity (Wildman–Crippen MR) is 109 cm³/mol. The maximum Gasteiger partial charge on any atom is 0.255 e. The second kappa shape index (κ2) is 7.99. The highest BCUT2D eigenvalue weighted by molar-refractivity contribution is 6.33. The van der Waals surface area contributed by atoms with Crippen molar-refractivity contribution in [3.8, 4) is 0 Å². The topological polar surface area (TPSA) is 122 Å². The van der Waals surface area contributed by atoms with Crippen LogP contribution in [0, 0.1) is 5.82 Å². The Bertz CT molecular complexity index is 1140. The number of amides is 4. The quantitative estimate of drug-likeness (QED) is 0.490. The molecular formula is C21H18ClFN4O4. The lowest BCUT2D eigenvalue weighted by molar-refractivity contribution is -0.136. The van der Waals surface area contributed by atoms with Gasteiger partial charge >= 0.3 is 0 Å². The van der Waals surface area contributed by atoms with Crippen molar-refractivity contribution in [1.82, 2.24) is 15.5 Å². The number of piperidine rings is 1. The van der Waals surface area contributed by atoms with Crippen LogP contribution >= 0.6 is 11.6 Å². The van der Waals surface area contributed by atoms with Crippen molar-refractivity contribution in [1.29, 1.82) is 0 Å². The van der Waals surface area contributed by atoms with Crippen LogP contribution in [-0.2, 0) is 22.7 Å². The number of halogens is 2. The molecule has 2 aromatic carbocycles. The van der Waals surface area contributed by atoms with Crippen LogP contribution in [0.1, 0.15) is 44.7 Å². The fourth-order valence-electron chi connectivity index (χ4n) is 3.75. The normalized spacial score (nSPS) is 18.1. The SMILES string of the molecule is Nc1cc(C(=O)NCc2ccc3c(c2F)CN(C2CCC(=O)NC2=O)C3=O)ccc1Cl. The lowest BCUT2D eigenvalue weighted by atomic mass is 10.0. The zero-order valence-electron chi connectivity index (χ0n) is 16.2. The van der Waals surface area contributed by atoms with Crippen molar-refractivity contribution in [2.45, 2.75) is 32.0 Å². The molecule has 31 heavy (non-hydrogen) atoms. The molecule has 2 aliphatic heterocycles. The van der Waals surface area contributed by atoms with Gasteiger partial charge in [0.25, 0.3) is 11.8 Å². The molecule has 1 fully saturated rings. The van der Waals surface area contributed by atoms with Crippen molar-refractivity contribution in [2.75, 3.05) is 5.73 Å². The number of nitrogen functional groups attached to an aromatic ring is 1. The smallest absolute Gasteiger partial charge is 0.255 e. The van der Waals surface area contributed by atoms with Gasteiger partial charge in [0.2, 0.25) is 11.8 Å². The Hall–Kier alpha value is -3.46. The van der Waals surface area contributed by atoms with Gasteiger partial charge in [0.05, 0.1) is 17.3 Å². The van der Waals surface area contributed by atoms with E-state index >= 15 is 4.39 Å². The minimum Gasteiger partial charge on any atom is -0.398 e. The van der Waals surface area contributed by atoms with Crippen LogP contribution in [0.5, 0.6) is 0 Å². The molecular weight excluding hydrogens is 427 g/mol. The van der Waals surface area contributed by atoms with E-state index in [1.54, 1.807) is 0 Å². The van der Waals surface area contributed by atoms with Crippen LogP contribution in [0.4, 0.5) is 10.1 Å². The summed E-state index contributed by atoms with van der Waals surface area (Å²) in [6.07, 6.45) is 0.310. The summed E-state index contributed by atoms with van der Waals surface area (Å²) >= 11 is 5.85. The van der Waals surface area contributed by atoms with Crippen LogP contribution in [0.2, 0.25) is 5.02 Å². The van der Waals surface area contributed by atoms with Crippen molar-refractivity contribution in [3.63, 3.8) is 0 Å². The number of anilines is 1. The first kappa shape index (κ1) is 20.8. The second-order valence-electron chi connectivity index (χ2n) is 7.38. The van der Waals surface area contributed by atoms with E-state index < -0.39 is 35.5 Å². The number of nitrogens with zero attached hydrogens (tertiary/aromatic N) is 1. The molecule has 2 heterocycles. The molecule has 10 heteroatoms. The molecule has 0 spiro atoms. The molecule has 0 saturated carbocycles. The fourth-order valence-corrected chi connectivity index (χ4v) is 3.87. The number of imide groups is 1. The Morgan fingerprint density at radius 3 is 2.74 bits per heavy atom. The van der Waals surface area contributed by atoms with Gasteiger partial charge in [-0.1, -0.05) is 17.7 Å². The number of carbonyl (C=O) groups excluding carboxylic acids is 4. The van der Waals surface area contributed by atoms with Crippen molar-refractivity contribution < 1.29 is 23.6 Å². The van der Waals surface area contributed by atoms with Gasteiger partial charge in [-0.2, -0.15) is 0 Å². The first-order chi connectivity index (χ1) is 14.8. The number of fused-ring (bicyclic) bond motifs is 1. The van der Waals surface area contributed by atoms with Crippen LogP contribution in [0.3, 0.4) is 0 Å². The van der Waals surface area contributed by atoms with Gasteiger partial charge in [-0.25, -0.2) is 4.39 Å². The van der Waals surface area contributed by atoms with Crippen LogP contribution in [0.25, 0.3) is 0 Å². The van der Waals surface area contributed by atoms with E-state index in [2.05, 4.69) is 10.6 Å². The largest absolute Gasteiger partial charge is 0.398 e. The molecule has 0 bridgehead atoms. The first-order valence-corrected chi connectivity index (χ1v) is 9.92. The standard InChI is InChI=1S/C21H18ClFN4O4/c22-14-4-2-10(7-15(14)24)19(29)25-8-11-1-3-12-13(18(11)23)9-27(21(12)31)16-5-6-17(28)26-20(16)30/h1-4,7,16H,5-6,8-9,24H2,(H,25,29)(H,26,28,30). The van der Waals surface area contributed by atoms with E-state index in [1.165, 1.54) is 35.2 Å². The summed E-state index contributed by atoms with van der Waals surface area (Å²) in [6.45, 7) is -0.186. The minimum absolute atomic E-state index is 0.0816. The molecule has 0 aromatic heterocycles. The Balaban J connectivity index is 1.49. The van der Waals surface area contributed by atoms with E-state index in [1.807, 2.05) is 0 Å². The summed E-state index contributed by atoms with van der Waals surface area (Å²) in [5.41, 5.74) is 6.77. The van der Waals surface area contributed by atoms with E-state index in [9.17, 15) is 19.2 Å². The average molecular weight is 445 g/mol. The summed E-state index contributed by atoms with van der Waals surface area (Å²) in [5.74, 6) is -2.48. The number of rotatable bonds is 4. The molecule has 4 N–H and O–H groups in total. The molecule has 2 aromatic rings. The van der Waals surface area contributed by atoms with E-state index in [0.29, 0.717) is 5.02 Å². The van der Waals surface area contributed by atoms with Crippen LogP contribution in [-0.4, -0.2) is 34.6 Å². The molecule has 160 valence electrons. The summed E-state index contributed by atoms with van der Waals surface area (Å²) in [6, 6.07) is 6.51. The maximum absolute atomic E-state index is 15.1. The molecule has 4 rings (SSSR count). The molecule has 2 aliphatic rings. The highest BCUT2D eigenvalue weighted by atomic mass is 35.5. The summed E-state index contributed by atoms with van der Waals surface area (Å²) < 4.78 is 15.1. The third-order valence-corrected chi connectivity index (χ3v) is 5.77. The van der Waals surface area contributed by atoms with Gasteiger partial charge in [-0.3, -0.25) is 24.5 Å². The number of carbonyl (C=O) groups is 4. The molecule has 8 nitrogen and oxygen atoms in total. The van der Waals surface area contributed by atoms with Gasteiger partial charge < -0.3 is 16.0 Å². The number of nitrogens with one attached hydrogen (secondary N) is 2. The Labute approximate surface area is 181 Å². The van der Waals surface area contributed by atoms with Crippen molar-refractivity contribution in [2.24, 2.45) is 0 Å². The zero-order valence-corrected chi connectivity index (χ0v) is 17.0. The van der Waals surface area contributed by atoms with Gasteiger partial charge in [-0.15, -0.1) is 0 Å². The molecule has 1 saturated heterocycles. The molecule has 1 atom stereocenters. The lowest BCUT2D eigenvalue weighted by Gasteiger charge is -2.29. The summed E-state index contributed by atoms with van der Waals surface area (Å²) in [7, 11) is 0. The monoisotopic (exact) mass is 444 g/mol. The van der Waals surface area contributed by atoms with Gasteiger partial charge in [0, 0.05) is 35.2 Å².